The van der Waals surface area contributed by atoms with Crippen molar-refractivity contribution in [3.63, 3.8) is 0 Å². The van der Waals surface area contributed by atoms with E-state index in [1.165, 1.54) is 12.1 Å². The van der Waals surface area contributed by atoms with Crippen molar-refractivity contribution < 1.29 is 13.2 Å². The van der Waals surface area contributed by atoms with E-state index in [0.29, 0.717) is 5.56 Å². The molecule has 0 heterocycles. The van der Waals surface area contributed by atoms with Gasteiger partial charge in [0.05, 0.1) is 10.7 Å². The van der Waals surface area contributed by atoms with Gasteiger partial charge in [-0.25, -0.2) is 13.2 Å². The highest BCUT2D eigenvalue weighted by Crippen LogP contribution is 2.31. The maximum Gasteiger partial charge on any atom is 0.150 e. The normalized spacial score (nSPS) is 12.3. The number of hydrogen-bond donors (Lipinski definition) is 1. The summed E-state index contributed by atoms with van der Waals surface area (Å²) in [6.45, 7) is 1.73. The molecule has 0 amide bonds. The van der Waals surface area contributed by atoms with Crippen LogP contribution in [0.4, 0.5) is 18.9 Å². The first-order valence-corrected chi connectivity index (χ1v) is 6.91. The van der Waals surface area contributed by atoms with Gasteiger partial charge < -0.3 is 5.32 Å². The molecule has 0 aliphatic rings. The van der Waals surface area contributed by atoms with Gasteiger partial charge in [0.1, 0.15) is 17.5 Å². The standard InChI is InChI=1S/C14H10BrClF3N/c1-7(8-2-3-11(16)12(18)4-8)20-14-10(15)5-9(17)6-13(14)19/h2-7,20H,1H3. The molecular weight excluding hydrogens is 355 g/mol. The van der Waals surface area contributed by atoms with Crippen LogP contribution in [0.1, 0.15) is 18.5 Å². The summed E-state index contributed by atoms with van der Waals surface area (Å²) in [6.07, 6.45) is 0. The van der Waals surface area contributed by atoms with Gasteiger partial charge in [-0.3, -0.25) is 0 Å². The second-order valence-electron chi connectivity index (χ2n) is 4.28. The van der Waals surface area contributed by atoms with E-state index in [-0.39, 0.29) is 21.2 Å². The highest BCUT2D eigenvalue weighted by Gasteiger charge is 2.14. The van der Waals surface area contributed by atoms with Gasteiger partial charge in [-0.15, -0.1) is 0 Å². The number of halogens is 5. The molecule has 1 unspecified atom stereocenters. The van der Waals surface area contributed by atoms with Gasteiger partial charge in [-0.05, 0) is 46.6 Å². The molecule has 0 aliphatic heterocycles. The van der Waals surface area contributed by atoms with Crippen molar-refractivity contribution in [2.24, 2.45) is 0 Å². The molecule has 2 rings (SSSR count). The molecule has 0 saturated carbocycles. The van der Waals surface area contributed by atoms with E-state index in [4.69, 9.17) is 11.6 Å². The van der Waals surface area contributed by atoms with Gasteiger partial charge in [0.2, 0.25) is 0 Å². The van der Waals surface area contributed by atoms with Gasteiger partial charge in [0.25, 0.3) is 0 Å². The lowest BCUT2D eigenvalue weighted by Crippen LogP contribution is -2.09. The summed E-state index contributed by atoms with van der Waals surface area (Å²) in [6, 6.07) is 5.90. The SMILES string of the molecule is CC(Nc1c(F)cc(F)cc1Br)c1ccc(Cl)c(F)c1. The Kier molecular flexibility index (Phi) is 4.60. The summed E-state index contributed by atoms with van der Waals surface area (Å²) in [7, 11) is 0. The van der Waals surface area contributed by atoms with Crippen LogP contribution < -0.4 is 5.32 Å². The fourth-order valence-corrected chi connectivity index (χ4v) is 2.40. The fraction of sp³-hybridized carbons (Fsp3) is 0.143. The summed E-state index contributed by atoms with van der Waals surface area (Å²) >= 11 is 8.70. The summed E-state index contributed by atoms with van der Waals surface area (Å²) in [5, 5.41) is 2.89. The lowest BCUT2D eigenvalue weighted by Gasteiger charge is -2.18. The topological polar surface area (TPSA) is 12.0 Å². The molecule has 1 atom stereocenters. The number of hydrogen-bond acceptors (Lipinski definition) is 1. The van der Waals surface area contributed by atoms with Gasteiger partial charge in [0, 0.05) is 16.6 Å². The third kappa shape index (κ3) is 3.27. The Morgan fingerprint density at radius 3 is 2.40 bits per heavy atom. The average molecular weight is 365 g/mol. The minimum Gasteiger partial charge on any atom is -0.375 e. The average Bonchev–Trinajstić information content (AvgIpc) is 2.36. The lowest BCUT2D eigenvalue weighted by molar-refractivity contribution is 0.582. The summed E-state index contributed by atoms with van der Waals surface area (Å²) < 4.78 is 40.4. The molecule has 0 aromatic heterocycles. The van der Waals surface area contributed by atoms with E-state index in [9.17, 15) is 13.2 Å². The molecule has 2 aromatic rings. The number of rotatable bonds is 3. The van der Waals surface area contributed by atoms with Crippen LogP contribution in [0.5, 0.6) is 0 Å². The number of benzene rings is 2. The molecule has 0 saturated heterocycles. The van der Waals surface area contributed by atoms with Crippen LogP contribution in [0.15, 0.2) is 34.8 Å². The predicted octanol–water partition coefficient (Wildman–Crippen LogP) is 5.69. The largest absolute Gasteiger partial charge is 0.375 e. The monoisotopic (exact) mass is 363 g/mol. The Hall–Kier alpha value is -1.20. The molecule has 1 nitrogen and oxygen atoms in total. The van der Waals surface area contributed by atoms with Crippen molar-refractivity contribution in [3.8, 4) is 0 Å². The fourth-order valence-electron chi connectivity index (χ4n) is 1.76. The Morgan fingerprint density at radius 1 is 1.10 bits per heavy atom. The molecule has 0 aliphatic carbocycles. The first-order chi connectivity index (χ1) is 9.38. The van der Waals surface area contributed by atoms with Crippen LogP contribution in [0.25, 0.3) is 0 Å². The first-order valence-electron chi connectivity index (χ1n) is 5.74. The minimum absolute atomic E-state index is 0.0232. The Labute approximate surface area is 127 Å². The molecule has 0 bridgehead atoms. The van der Waals surface area contributed by atoms with E-state index < -0.39 is 17.5 Å². The lowest BCUT2D eigenvalue weighted by atomic mass is 10.1. The van der Waals surface area contributed by atoms with Gasteiger partial charge in [-0.2, -0.15) is 0 Å². The Morgan fingerprint density at radius 2 is 1.80 bits per heavy atom. The number of anilines is 1. The molecule has 6 heteroatoms. The maximum atomic E-state index is 13.7. The quantitative estimate of drug-likeness (QED) is 0.737. The van der Waals surface area contributed by atoms with Gasteiger partial charge >= 0.3 is 0 Å². The van der Waals surface area contributed by atoms with Crippen LogP contribution >= 0.6 is 27.5 Å². The molecule has 2 aromatic carbocycles. The molecule has 0 fully saturated rings. The molecule has 106 valence electrons. The third-order valence-electron chi connectivity index (χ3n) is 2.81. The molecule has 20 heavy (non-hydrogen) atoms. The van der Waals surface area contributed by atoms with Crippen LogP contribution in [0.2, 0.25) is 5.02 Å². The zero-order valence-corrected chi connectivity index (χ0v) is 12.7. The van der Waals surface area contributed by atoms with Crippen molar-refractivity contribution in [1.29, 1.82) is 0 Å². The van der Waals surface area contributed by atoms with Crippen LogP contribution in [0.3, 0.4) is 0 Å². The first kappa shape index (κ1) is 15.2. The van der Waals surface area contributed by atoms with Crippen molar-refractivity contribution in [2.45, 2.75) is 13.0 Å². The summed E-state index contributed by atoms with van der Waals surface area (Å²) in [5.74, 6) is -1.94. The van der Waals surface area contributed by atoms with Crippen molar-refractivity contribution in [3.05, 3.63) is 62.8 Å². The molecule has 0 radical (unpaired) electrons. The second-order valence-corrected chi connectivity index (χ2v) is 5.55. The van der Waals surface area contributed by atoms with E-state index in [2.05, 4.69) is 21.2 Å². The Balaban J connectivity index is 2.27. The van der Waals surface area contributed by atoms with E-state index >= 15 is 0 Å². The van der Waals surface area contributed by atoms with Gasteiger partial charge in [0.15, 0.2) is 0 Å². The van der Waals surface area contributed by atoms with Crippen molar-refractivity contribution in [1.82, 2.24) is 0 Å². The second kappa shape index (κ2) is 6.06. The van der Waals surface area contributed by atoms with Crippen LogP contribution in [-0.2, 0) is 0 Å². The maximum absolute atomic E-state index is 13.7. The summed E-state index contributed by atoms with van der Waals surface area (Å²) in [5.41, 5.74) is 0.719. The molecule has 0 spiro atoms. The van der Waals surface area contributed by atoms with Gasteiger partial charge in [-0.1, -0.05) is 17.7 Å². The van der Waals surface area contributed by atoms with E-state index in [1.807, 2.05) is 0 Å². The van der Waals surface area contributed by atoms with Crippen LogP contribution in [0, 0.1) is 17.5 Å². The highest BCUT2D eigenvalue weighted by molar-refractivity contribution is 9.10. The molecule has 1 N–H and O–H groups in total. The zero-order chi connectivity index (χ0) is 14.9. The highest BCUT2D eigenvalue weighted by atomic mass is 79.9. The predicted molar refractivity (Wildman–Crippen MR) is 77.5 cm³/mol. The van der Waals surface area contributed by atoms with E-state index in [0.717, 1.165) is 12.1 Å². The smallest absolute Gasteiger partial charge is 0.150 e. The van der Waals surface area contributed by atoms with Crippen LogP contribution in [-0.4, -0.2) is 0 Å². The Bertz CT molecular complexity index is 625. The number of nitrogens with one attached hydrogen (secondary N) is 1. The zero-order valence-electron chi connectivity index (χ0n) is 10.4. The van der Waals surface area contributed by atoms with E-state index in [1.54, 1.807) is 13.0 Å². The summed E-state index contributed by atoms with van der Waals surface area (Å²) in [4.78, 5) is 0. The molecular formula is C14H10BrClF3N. The third-order valence-corrected chi connectivity index (χ3v) is 3.74. The van der Waals surface area contributed by atoms with Crippen molar-refractivity contribution in [2.75, 3.05) is 5.32 Å². The van der Waals surface area contributed by atoms with Crippen molar-refractivity contribution >= 4 is 33.2 Å². The minimum atomic E-state index is -0.724.